The minimum absolute atomic E-state index is 0.359. The van der Waals surface area contributed by atoms with Crippen LogP contribution in [0, 0.1) is 11.3 Å². The van der Waals surface area contributed by atoms with Crippen molar-refractivity contribution in [2.24, 2.45) is 0 Å². The van der Waals surface area contributed by atoms with Gasteiger partial charge in [0.05, 0.1) is 5.69 Å². The maximum Gasteiger partial charge on any atom is 0.163 e. The Hall–Kier alpha value is -1.34. The van der Waals surface area contributed by atoms with E-state index >= 15 is 0 Å². The molecule has 0 unspecified atom stereocenters. The van der Waals surface area contributed by atoms with Gasteiger partial charge in [0.25, 0.3) is 0 Å². The van der Waals surface area contributed by atoms with Crippen LogP contribution in [0.4, 0.5) is 5.69 Å². The van der Waals surface area contributed by atoms with Crippen molar-refractivity contribution >= 4 is 21.6 Å². The fraction of sp³-hybridized carbons (Fsp3) is 0. The zero-order chi connectivity index (χ0) is 8.97. The molecule has 0 saturated carbocycles. The number of aromatic nitrogens is 1. The van der Waals surface area contributed by atoms with Crippen LogP contribution in [0.2, 0.25) is 0 Å². The summed E-state index contributed by atoms with van der Waals surface area (Å²) in [5.74, 6) is 0. The first-order valence-corrected chi connectivity index (χ1v) is 4.00. The van der Waals surface area contributed by atoms with Crippen molar-refractivity contribution in [3.8, 4) is 6.07 Å². The number of nitriles is 1. The summed E-state index contributed by atoms with van der Waals surface area (Å²) in [6, 6.07) is 3.74. The van der Waals surface area contributed by atoms with Crippen LogP contribution in [-0.4, -0.2) is 4.98 Å². The zero-order valence-corrected chi connectivity index (χ0v) is 7.80. The van der Waals surface area contributed by atoms with Crippen molar-refractivity contribution in [2.45, 2.75) is 0 Å². The molecule has 3 nitrogen and oxygen atoms in total. The molecule has 0 aliphatic carbocycles. The Morgan fingerprint density at radius 1 is 1.75 bits per heavy atom. The van der Waals surface area contributed by atoms with Gasteiger partial charge in [0.1, 0.15) is 6.07 Å². The quantitative estimate of drug-likeness (QED) is 0.838. The summed E-state index contributed by atoms with van der Waals surface area (Å²) < 4.78 is 0.825. The molecule has 0 aliphatic rings. The molecule has 60 valence electrons. The van der Waals surface area contributed by atoms with Gasteiger partial charge in [-0.05, 0) is 28.2 Å². The first kappa shape index (κ1) is 8.75. The third-order valence-electron chi connectivity index (χ3n) is 1.22. The van der Waals surface area contributed by atoms with E-state index in [4.69, 9.17) is 5.26 Å². The summed E-state index contributed by atoms with van der Waals surface area (Å²) in [6.45, 7) is 3.50. The van der Waals surface area contributed by atoms with Gasteiger partial charge in [-0.3, -0.25) is 0 Å². The molecule has 0 fully saturated rings. The van der Waals surface area contributed by atoms with Crippen molar-refractivity contribution in [3.63, 3.8) is 0 Å². The number of hydrogen-bond acceptors (Lipinski definition) is 3. The van der Waals surface area contributed by atoms with Crippen LogP contribution < -0.4 is 5.32 Å². The van der Waals surface area contributed by atoms with Gasteiger partial charge in [-0.1, -0.05) is 6.58 Å². The van der Waals surface area contributed by atoms with E-state index in [2.05, 4.69) is 32.8 Å². The van der Waals surface area contributed by atoms with E-state index in [-0.39, 0.29) is 0 Å². The minimum atomic E-state index is 0.359. The first-order chi connectivity index (χ1) is 5.77. The van der Waals surface area contributed by atoms with Crippen molar-refractivity contribution in [2.75, 3.05) is 5.32 Å². The molecule has 1 rings (SSSR count). The molecule has 1 aromatic rings. The number of rotatable bonds is 2. The standard InChI is InChI=1S/C8H6BrN3/c1-2-11-7-3-6(9)5-12-8(7)4-10/h2-3,5,11H,1H2. The van der Waals surface area contributed by atoms with E-state index in [1.165, 1.54) is 6.20 Å². The van der Waals surface area contributed by atoms with Crippen molar-refractivity contribution < 1.29 is 0 Å². The van der Waals surface area contributed by atoms with Crippen LogP contribution in [0.25, 0.3) is 0 Å². The minimum Gasteiger partial charge on any atom is -0.360 e. The van der Waals surface area contributed by atoms with Gasteiger partial charge < -0.3 is 5.32 Å². The highest BCUT2D eigenvalue weighted by atomic mass is 79.9. The Morgan fingerprint density at radius 2 is 2.50 bits per heavy atom. The van der Waals surface area contributed by atoms with Crippen LogP contribution in [0.5, 0.6) is 0 Å². The molecule has 0 aliphatic heterocycles. The van der Waals surface area contributed by atoms with Gasteiger partial charge in [0.2, 0.25) is 0 Å². The lowest BCUT2D eigenvalue weighted by Crippen LogP contribution is -1.93. The smallest absolute Gasteiger partial charge is 0.163 e. The predicted molar refractivity (Wildman–Crippen MR) is 50.5 cm³/mol. The highest BCUT2D eigenvalue weighted by Crippen LogP contribution is 2.17. The SMILES string of the molecule is C=CNc1cc(Br)cnc1C#N. The molecule has 1 aromatic heterocycles. The summed E-state index contributed by atoms with van der Waals surface area (Å²) in [5.41, 5.74) is 1.01. The third-order valence-corrected chi connectivity index (χ3v) is 1.65. The maximum atomic E-state index is 8.63. The highest BCUT2D eigenvalue weighted by Gasteiger charge is 2.01. The van der Waals surface area contributed by atoms with E-state index < -0.39 is 0 Å². The molecule has 1 N–H and O–H groups in total. The van der Waals surface area contributed by atoms with Crippen LogP contribution in [0.1, 0.15) is 5.69 Å². The molecule has 0 saturated heterocycles. The highest BCUT2D eigenvalue weighted by molar-refractivity contribution is 9.10. The van der Waals surface area contributed by atoms with Gasteiger partial charge in [0.15, 0.2) is 5.69 Å². The number of hydrogen-bond donors (Lipinski definition) is 1. The van der Waals surface area contributed by atoms with Gasteiger partial charge >= 0.3 is 0 Å². The summed E-state index contributed by atoms with van der Waals surface area (Å²) in [5, 5.41) is 11.5. The summed E-state index contributed by atoms with van der Waals surface area (Å²) >= 11 is 3.25. The lowest BCUT2D eigenvalue weighted by atomic mass is 10.3. The molecule has 4 heteroatoms. The van der Waals surface area contributed by atoms with Crippen LogP contribution in [0.15, 0.2) is 29.5 Å². The zero-order valence-electron chi connectivity index (χ0n) is 6.21. The number of pyridine rings is 1. The Balaban J connectivity index is 3.14. The normalized spacial score (nSPS) is 8.67. The second kappa shape index (κ2) is 3.88. The fourth-order valence-electron chi connectivity index (χ4n) is 0.748. The summed E-state index contributed by atoms with van der Waals surface area (Å²) in [4.78, 5) is 3.90. The second-order valence-corrected chi connectivity index (χ2v) is 2.93. The lowest BCUT2D eigenvalue weighted by Gasteiger charge is -2.01. The molecule has 0 radical (unpaired) electrons. The van der Waals surface area contributed by atoms with Crippen molar-refractivity contribution in [1.82, 2.24) is 4.98 Å². The van der Waals surface area contributed by atoms with Crippen molar-refractivity contribution in [3.05, 3.63) is 35.2 Å². The molecule has 0 amide bonds. The fourth-order valence-corrected chi connectivity index (χ4v) is 1.08. The Kier molecular flexibility index (Phi) is 2.83. The van der Waals surface area contributed by atoms with Crippen molar-refractivity contribution in [1.29, 1.82) is 5.26 Å². The van der Waals surface area contributed by atoms with Crippen LogP contribution >= 0.6 is 15.9 Å². The van der Waals surface area contributed by atoms with E-state index in [9.17, 15) is 0 Å². The monoisotopic (exact) mass is 223 g/mol. The van der Waals surface area contributed by atoms with Crippen LogP contribution in [0.3, 0.4) is 0 Å². The molecule has 1 heterocycles. The Morgan fingerprint density at radius 3 is 3.08 bits per heavy atom. The van der Waals surface area contributed by atoms with Crippen LogP contribution in [-0.2, 0) is 0 Å². The van der Waals surface area contributed by atoms with Gasteiger partial charge in [-0.25, -0.2) is 4.98 Å². The molecule has 12 heavy (non-hydrogen) atoms. The predicted octanol–water partition coefficient (Wildman–Crippen LogP) is 2.27. The number of halogens is 1. The Labute approximate surface area is 78.9 Å². The summed E-state index contributed by atoms with van der Waals surface area (Å²) in [7, 11) is 0. The second-order valence-electron chi connectivity index (χ2n) is 2.01. The largest absolute Gasteiger partial charge is 0.360 e. The number of nitrogens with one attached hydrogen (secondary N) is 1. The van der Waals surface area contributed by atoms with E-state index in [1.807, 2.05) is 6.07 Å². The topological polar surface area (TPSA) is 48.7 Å². The molecule has 0 aromatic carbocycles. The van der Waals surface area contributed by atoms with E-state index in [0.717, 1.165) is 4.47 Å². The molecule has 0 bridgehead atoms. The average Bonchev–Trinajstić information content (AvgIpc) is 2.05. The Bertz CT molecular complexity index is 341. The van der Waals surface area contributed by atoms with E-state index in [1.54, 1.807) is 12.3 Å². The number of nitrogens with zero attached hydrogens (tertiary/aromatic N) is 2. The molecule has 0 spiro atoms. The van der Waals surface area contributed by atoms with Gasteiger partial charge in [0, 0.05) is 10.7 Å². The maximum absolute atomic E-state index is 8.63. The summed E-state index contributed by atoms with van der Waals surface area (Å²) in [6.07, 6.45) is 3.08. The molecular weight excluding hydrogens is 218 g/mol. The average molecular weight is 224 g/mol. The molecular formula is C8H6BrN3. The van der Waals surface area contributed by atoms with Gasteiger partial charge in [-0.15, -0.1) is 0 Å². The molecule has 0 atom stereocenters. The number of anilines is 1. The third kappa shape index (κ3) is 1.83. The van der Waals surface area contributed by atoms with Gasteiger partial charge in [-0.2, -0.15) is 5.26 Å². The lowest BCUT2D eigenvalue weighted by molar-refractivity contribution is 1.25. The first-order valence-electron chi connectivity index (χ1n) is 3.21. The van der Waals surface area contributed by atoms with E-state index in [0.29, 0.717) is 11.4 Å².